The summed E-state index contributed by atoms with van der Waals surface area (Å²) in [6, 6.07) is 11.4. The maximum Gasteiger partial charge on any atom is 0.254 e. The zero-order valence-electron chi connectivity index (χ0n) is 12.1. The number of hydrazine groups is 1. The van der Waals surface area contributed by atoms with E-state index in [1.807, 2.05) is 13.0 Å². The summed E-state index contributed by atoms with van der Waals surface area (Å²) in [5, 5.41) is 0. The lowest BCUT2D eigenvalue weighted by molar-refractivity contribution is 0.0784. The fourth-order valence-corrected chi connectivity index (χ4v) is 2.13. The van der Waals surface area contributed by atoms with E-state index in [2.05, 4.69) is 5.43 Å². The van der Waals surface area contributed by atoms with Gasteiger partial charge in [-0.05, 0) is 48.4 Å². The van der Waals surface area contributed by atoms with Crippen LogP contribution in [0.3, 0.4) is 0 Å². The van der Waals surface area contributed by atoms with Gasteiger partial charge in [-0.1, -0.05) is 12.1 Å². The molecular formula is C16H18FN3O. The number of hydrogen-bond acceptors (Lipinski definition) is 3. The summed E-state index contributed by atoms with van der Waals surface area (Å²) in [6.45, 7) is 2.29. The molecule has 0 atom stereocenters. The van der Waals surface area contributed by atoms with Crippen LogP contribution in [0.1, 0.15) is 21.5 Å². The standard InChI is InChI=1S/C16H18FN3O/c1-11-9-14(19-18)7-8-15(11)16(21)20(2)10-12-3-5-13(17)6-4-12/h3-9,19H,10,18H2,1-2H3. The van der Waals surface area contributed by atoms with E-state index in [1.165, 1.54) is 12.1 Å². The second-order valence-electron chi connectivity index (χ2n) is 4.96. The van der Waals surface area contributed by atoms with Crippen molar-refractivity contribution < 1.29 is 9.18 Å². The first-order valence-electron chi connectivity index (χ1n) is 6.58. The quantitative estimate of drug-likeness (QED) is 0.671. The van der Waals surface area contributed by atoms with Crippen LogP contribution in [-0.2, 0) is 6.54 Å². The van der Waals surface area contributed by atoms with Gasteiger partial charge in [-0.25, -0.2) is 4.39 Å². The molecule has 0 saturated carbocycles. The molecule has 0 radical (unpaired) electrons. The molecular weight excluding hydrogens is 269 g/mol. The van der Waals surface area contributed by atoms with Gasteiger partial charge < -0.3 is 10.3 Å². The fourth-order valence-electron chi connectivity index (χ4n) is 2.13. The number of carbonyl (C=O) groups excluding carboxylic acids is 1. The summed E-state index contributed by atoms with van der Waals surface area (Å²) in [6.07, 6.45) is 0. The topological polar surface area (TPSA) is 58.4 Å². The van der Waals surface area contributed by atoms with Crippen molar-refractivity contribution in [2.45, 2.75) is 13.5 Å². The highest BCUT2D eigenvalue weighted by Gasteiger charge is 2.14. The van der Waals surface area contributed by atoms with E-state index in [1.54, 1.807) is 36.2 Å². The van der Waals surface area contributed by atoms with Gasteiger partial charge >= 0.3 is 0 Å². The molecule has 0 saturated heterocycles. The first-order valence-corrected chi connectivity index (χ1v) is 6.58. The lowest BCUT2D eigenvalue weighted by Crippen LogP contribution is -2.27. The van der Waals surface area contributed by atoms with Crippen molar-refractivity contribution in [3.8, 4) is 0 Å². The number of aryl methyl sites for hydroxylation is 1. The monoisotopic (exact) mass is 287 g/mol. The third kappa shape index (κ3) is 3.58. The number of halogens is 1. The Labute approximate surface area is 123 Å². The number of rotatable bonds is 4. The van der Waals surface area contributed by atoms with Gasteiger partial charge in [-0.3, -0.25) is 10.6 Å². The minimum absolute atomic E-state index is 0.0830. The molecule has 2 aromatic carbocycles. The number of anilines is 1. The molecule has 5 heteroatoms. The first kappa shape index (κ1) is 15.0. The van der Waals surface area contributed by atoms with E-state index in [-0.39, 0.29) is 11.7 Å². The zero-order chi connectivity index (χ0) is 15.4. The third-order valence-corrected chi connectivity index (χ3v) is 3.30. The molecule has 0 aliphatic carbocycles. The van der Waals surface area contributed by atoms with Crippen LogP contribution in [0, 0.1) is 12.7 Å². The van der Waals surface area contributed by atoms with Crippen LogP contribution in [0.2, 0.25) is 0 Å². The molecule has 0 spiro atoms. The number of carbonyl (C=O) groups is 1. The van der Waals surface area contributed by atoms with Crippen molar-refractivity contribution in [1.82, 2.24) is 4.90 Å². The Bertz CT molecular complexity index is 640. The molecule has 3 N–H and O–H groups in total. The summed E-state index contributed by atoms with van der Waals surface area (Å²) >= 11 is 0. The molecule has 2 rings (SSSR count). The van der Waals surface area contributed by atoms with E-state index >= 15 is 0 Å². The largest absolute Gasteiger partial charge is 0.337 e. The fraction of sp³-hybridized carbons (Fsp3) is 0.188. The minimum Gasteiger partial charge on any atom is -0.337 e. The zero-order valence-corrected chi connectivity index (χ0v) is 12.1. The summed E-state index contributed by atoms with van der Waals surface area (Å²) in [7, 11) is 1.72. The Morgan fingerprint density at radius 2 is 1.90 bits per heavy atom. The highest BCUT2D eigenvalue weighted by molar-refractivity contribution is 5.95. The maximum absolute atomic E-state index is 12.9. The Morgan fingerprint density at radius 3 is 2.48 bits per heavy atom. The molecule has 4 nitrogen and oxygen atoms in total. The summed E-state index contributed by atoms with van der Waals surface area (Å²) in [4.78, 5) is 14.0. The number of nitrogens with zero attached hydrogens (tertiary/aromatic N) is 1. The molecule has 1 amide bonds. The molecule has 0 heterocycles. The van der Waals surface area contributed by atoms with Gasteiger partial charge in [0, 0.05) is 24.8 Å². The van der Waals surface area contributed by atoms with Gasteiger partial charge in [0.05, 0.1) is 0 Å². The molecule has 0 unspecified atom stereocenters. The highest BCUT2D eigenvalue weighted by Crippen LogP contribution is 2.17. The van der Waals surface area contributed by atoms with Gasteiger partial charge in [-0.15, -0.1) is 0 Å². The van der Waals surface area contributed by atoms with Gasteiger partial charge in [0.15, 0.2) is 0 Å². The summed E-state index contributed by atoms with van der Waals surface area (Å²) in [5.74, 6) is 4.98. The number of benzene rings is 2. The van der Waals surface area contributed by atoms with E-state index in [9.17, 15) is 9.18 Å². The van der Waals surface area contributed by atoms with Crippen LogP contribution in [0.25, 0.3) is 0 Å². The van der Waals surface area contributed by atoms with Gasteiger partial charge in [0.2, 0.25) is 0 Å². The van der Waals surface area contributed by atoms with Gasteiger partial charge in [0.25, 0.3) is 5.91 Å². The van der Waals surface area contributed by atoms with Crippen LogP contribution in [0.5, 0.6) is 0 Å². The summed E-state index contributed by atoms with van der Waals surface area (Å²) < 4.78 is 12.9. The van der Waals surface area contributed by atoms with Gasteiger partial charge in [-0.2, -0.15) is 0 Å². The van der Waals surface area contributed by atoms with Crippen LogP contribution < -0.4 is 11.3 Å². The Balaban J connectivity index is 2.13. The minimum atomic E-state index is -0.284. The predicted octanol–water partition coefficient (Wildman–Crippen LogP) is 2.69. The molecule has 0 aliphatic heterocycles. The number of nitrogen functional groups attached to an aromatic ring is 1. The van der Waals surface area contributed by atoms with Crippen molar-refractivity contribution in [3.05, 3.63) is 65.0 Å². The van der Waals surface area contributed by atoms with E-state index in [4.69, 9.17) is 5.84 Å². The molecule has 0 aliphatic rings. The first-order chi connectivity index (χ1) is 10.0. The second-order valence-corrected chi connectivity index (χ2v) is 4.96. The number of hydrogen-bond donors (Lipinski definition) is 2. The molecule has 2 aromatic rings. The van der Waals surface area contributed by atoms with Crippen molar-refractivity contribution in [3.63, 3.8) is 0 Å². The molecule has 0 fully saturated rings. The van der Waals surface area contributed by atoms with Crippen LogP contribution in [0.15, 0.2) is 42.5 Å². The molecule has 110 valence electrons. The van der Waals surface area contributed by atoms with Crippen LogP contribution in [-0.4, -0.2) is 17.9 Å². The maximum atomic E-state index is 12.9. The highest BCUT2D eigenvalue weighted by atomic mass is 19.1. The Hall–Kier alpha value is -2.40. The second kappa shape index (κ2) is 6.37. The van der Waals surface area contributed by atoms with Gasteiger partial charge in [0.1, 0.15) is 5.82 Å². The third-order valence-electron chi connectivity index (χ3n) is 3.30. The van der Waals surface area contributed by atoms with Crippen LogP contribution in [0.4, 0.5) is 10.1 Å². The number of nitrogens with one attached hydrogen (secondary N) is 1. The number of nitrogens with two attached hydrogens (primary N) is 1. The van der Waals surface area contributed by atoms with E-state index < -0.39 is 0 Å². The van der Waals surface area contributed by atoms with Crippen molar-refractivity contribution in [2.75, 3.05) is 12.5 Å². The SMILES string of the molecule is Cc1cc(NN)ccc1C(=O)N(C)Cc1ccc(F)cc1. The van der Waals surface area contributed by atoms with Crippen molar-refractivity contribution >= 4 is 11.6 Å². The summed E-state index contributed by atoms with van der Waals surface area (Å²) in [5.41, 5.74) is 5.65. The molecule has 0 aromatic heterocycles. The molecule has 0 bridgehead atoms. The molecule has 21 heavy (non-hydrogen) atoms. The Morgan fingerprint density at radius 1 is 1.24 bits per heavy atom. The Kier molecular flexibility index (Phi) is 4.55. The van der Waals surface area contributed by atoms with Crippen molar-refractivity contribution in [2.24, 2.45) is 5.84 Å². The number of amides is 1. The normalized spacial score (nSPS) is 10.3. The average molecular weight is 287 g/mol. The predicted molar refractivity (Wildman–Crippen MR) is 81.2 cm³/mol. The van der Waals surface area contributed by atoms with Crippen molar-refractivity contribution in [1.29, 1.82) is 0 Å². The lowest BCUT2D eigenvalue weighted by Gasteiger charge is -2.19. The average Bonchev–Trinajstić information content (AvgIpc) is 2.48. The smallest absolute Gasteiger partial charge is 0.254 e. The lowest BCUT2D eigenvalue weighted by atomic mass is 10.1. The van der Waals surface area contributed by atoms with Crippen LogP contribution >= 0.6 is 0 Å². The van der Waals surface area contributed by atoms with E-state index in [0.717, 1.165) is 16.8 Å². The van der Waals surface area contributed by atoms with E-state index in [0.29, 0.717) is 12.1 Å².